The van der Waals surface area contributed by atoms with Gasteiger partial charge in [0.05, 0.1) is 13.2 Å². The number of hydrogen-bond acceptors (Lipinski definition) is 7. The lowest BCUT2D eigenvalue weighted by molar-refractivity contribution is -0.146. The Hall–Kier alpha value is -1.67. The molecule has 0 aliphatic carbocycles. The van der Waals surface area contributed by atoms with Gasteiger partial charge < -0.3 is 24.2 Å². The Morgan fingerprint density at radius 1 is 0.333 bits per heavy atom. The van der Waals surface area contributed by atoms with Crippen molar-refractivity contribution in [3.05, 3.63) is 0 Å². The van der Waals surface area contributed by atoms with Crippen LogP contribution < -0.4 is 0 Å². The Balaban J connectivity index is 5.34. The molecule has 0 bridgehead atoms. The number of nitrogens with zero attached hydrogens (tertiary/aromatic N) is 3. The SMILES string of the molecule is CCCCCCC(CCCC)COC(=O)CCCCCCCCC(CCCCCCCCC(=O)OCC(CCCC)CCCCCC)N(CCCC(=O)N(CCCCCC)CCCCCC)CCCN(C)C. The number of carbonyl (C=O) groups is 3. The van der Waals surface area contributed by atoms with Crippen molar-refractivity contribution < 1.29 is 23.9 Å². The molecule has 0 spiro atoms. The molecule has 0 saturated carbocycles. The fourth-order valence-electron chi connectivity index (χ4n) is 10.6. The molecule has 428 valence electrons. The predicted octanol–water partition coefficient (Wildman–Crippen LogP) is 18.3. The molecule has 0 radical (unpaired) electrons. The maximum Gasteiger partial charge on any atom is 0.305 e. The summed E-state index contributed by atoms with van der Waals surface area (Å²) in [4.78, 5) is 46.5. The second-order valence-electron chi connectivity index (χ2n) is 22.9. The van der Waals surface area contributed by atoms with Crippen LogP contribution in [-0.2, 0) is 23.9 Å². The molecule has 0 N–H and O–H groups in total. The van der Waals surface area contributed by atoms with Crippen molar-refractivity contribution in [3.8, 4) is 0 Å². The Morgan fingerprint density at radius 2 is 0.681 bits per heavy atom. The van der Waals surface area contributed by atoms with Gasteiger partial charge in [0.15, 0.2) is 0 Å². The van der Waals surface area contributed by atoms with E-state index >= 15 is 0 Å². The summed E-state index contributed by atoms with van der Waals surface area (Å²) in [6, 6.07) is 0.548. The summed E-state index contributed by atoms with van der Waals surface area (Å²) in [6.45, 7) is 19.8. The van der Waals surface area contributed by atoms with Gasteiger partial charge in [0, 0.05) is 38.4 Å². The molecule has 0 aliphatic heterocycles. The van der Waals surface area contributed by atoms with E-state index in [1.807, 2.05) is 0 Å². The van der Waals surface area contributed by atoms with Crippen molar-refractivity contribution in [2.24, 2.45) is 11.8 Å². The van der Waals surface area contributed by atoms with Gasteiger partial charge in [-0.1, -0.05) is 221 Å². The van der Waals surface area contributed by atoms with Gasteiger partial charge in [-0.3, -0.25) is 14.4 Å². The molecule has 0 saturated heterocycles. The summed E-state index contributed by atoms with van der Waals surface area (Å²) in [5.41, 5.74) is 0. The fourth-order valence-corrected chi connectivity index (χ4v) is 10.6. The molecular formula is C64H127N3O5. The highest BCUT2D eigenvalue weighted by Crippen LogP contribution is 2.23. The summed E-state index contributed by atoms with van der Waals surface area (Å²) >= 11 is 0. The van der Waals surface area contributed by atoms with Crippen LogP contribution in [0, 0.1) is 11.8 Å². The molecule has 0 aromatic rings. The number of ether oxygens (including phenoxy) is 2. The number of amides is 1. The molecule has 0 fully saturated rings. The molecular weight excluding hydrogens is 891 g/mol. The molecule has 2 atom stereocenters. The van der Waals surface area contributed by atoms with E-state index in [0.29, 0.717) is 56.3 Å². The number of rotatable bonds is 57. The minimum Gasteiger partial charge on any atom is -0.465 e. The van der Waals surface area contributed by atoms with E-state index in [-0.39, 0.29) is 11.9 Å². The van der Waals surface area contributed by atoms with Crippen LogP contribution in [0.25, 0.3) is 0 Å². The van der Waals surface area contributed by atoms with Gasteiger partial charge in [-0.15, -0.1) is 0 Å². The molecule has 72 heavy (non-hydrogen) atoms. The van der Waals surface area contributed by atoms with Gasteiger partial charge >= 0.3 is 11.9 Å². The molecule has 0 aliphatic rings. The third-order valence-electron chi connectivity index (χ3n) is 15.5. The maximum atomic E-state index is 13.8. The van der Waals surface area contributed by atoms with Crippen LogP contribution in [-0.4, -0.2) is 98.6 Å². The molecule has 0 aromatic carbocycles. The number of esters is 2. The Kier molecular flexibility index (Phi) is 52.9. The van der Waals surface area contributed by atoms with Crippen LogP contribution in [0.15, 0.2) is 0 Å². The van der Waals surface area contributed by atoms with Gasteiger partial charge in [-0.05, 0) is 123 Å². The lowest BCUT2D eigenvalue weighted by atomic mass is 9.96. The van der Waals surface area contributed by atoms with Crippen LogP contribution in [0.4, 0.5) is 0 Å². The topological polar surface area (TPSA) is 79.4 Å². The van der Waals surface area contributed by atoms with Gasteiger partial charge in [0.25, 0.3) is 0 Å². The van der Waals surface area contributed by atoms with Crippen molar-refractivity contribution in [2.45, 2.75) is 324 Å². The highest BCUT2D eigenvalue weighted by atomic mass is 16.5. The third kappa shape index (κ3) is 45.7. The largest absolute Gasteiger partial charge is 0.465 e. The standard InChI is InChI=1S/C64H127N3O5/c1-9-15-21-33-45-59(43-19-13-5)57-71-63(69)50-37-31-27-25-29-35-47-61(48-36-30-26-28-32-38-51-64(70)72-58-60(44-20-14-6)46-34-22-16-10-2)66(56-42-52-65(7)8)55-41-49-62(68)67(53-39-23-17-11-3)54-40-24-18-12-4/h59-61H,9-58H2,1-8H3. The van der Waals surface area contributed by atoms with Gasteiger partial charge in [0.2, 0.25) is 5.91 Å². The lowest BCUT2D eigenvalue weighted by Gasteiger charge is -2.33. The molecule has 0 heterocycles. The maximum absolute atomic E-state index is 13.8. The van der Waals surface area contributed by atoms with Crippen molar-refractivity contribution >= 4 is 17.8 Å². The Labute approximate surface area is 450 Å². The average Bonchev–Trinajstić information content (AvgIpc) is 3.37. The molecule has 0 rings (SSSR count). The summed E-state index contributed by atoms with van der Waals surface area (Å²) in [6.07, 6.45) is 49.7. The third-order valence-corrected chi connectivity index (χ3v) is 15.5. The van der Waals surface area contributed by atoms with E-state index < -0.39 is 0 Å². The normalized spacial score (nSPS) is 13.0. The summed E-state index contributed by atoms with van der Waals surface area (Å²) in [5.74, 6) is 1.43. The average molecular weight is 1020 g/mol. The first-order valence-electron chi connectivity index (χ1n) is 32.1. The van der Waals surface area contributed by atoms with Crippen LogP contribution in [0.3, 0.4) is 0 Å². The minimum absolute atomic E-state index is 0.00479. The number of carbonyl (C=O) groups excluding carboxylic acids is 3. The van der Waals surface area contributed by atoms with Crippen molar-refractivity contribution in [2.75, 3.05) is 60.0 Å². The highest BCUT2D eigenvalue weighted by Gasteiger charge is 2.21. The van der Waals surface area contributed by atoms with E-state index in [2.05, 4.69) is 70.3 Å². The first kappa shape index (κ1) is 70.3. The first-order chi connectivity index (χ1) is 35.1. The smallest absolute Gasteiger partial charge is 0.305 e. The Bertz CT molecular complexity index is 1100. The quantitative estimate of drug-likeness (QED) is 0.0444. The second-order valence-corrected chi connectivity index (χ2v) is 22.9. The van der Waals surface area contributed by atoms with E-state index in [1.165, 1.54) is 205 Å². The van der Waals surface area contributed by atoms with E-state index in [9.17, 15) is 14.4 Å². The minimum atomic E-state index is 0.00479. The number of unbranched alkanes of at least 4 members (excludes halogenated alkanes) is 24. The summed E-state index contributed by atoms with van der Waals surface area (Å²) < 4.78 is 11.6. The second kappa shape index (κ2) is 54.1. The van der Waals surface area contributed by atoms with Gasteiger partial charge in [-0.25, -0.2) is 0 Å². The van der Waals surface area contributed by atoms with Crippen molar-refractivity contribution in [3.63, 3.8) is 0 Å². The predicted molar refractivity (Wildman–Crippen MR) is 312 cm³/mol. The summed E-state index contributed by atoms with van der Waals surface area (Å²) in [7, 11) is 4.37. The number of hydrogen-bond donors (Lipinski definition) is 0. The van der Waals surface area contributed by atoms with Gasteiger partial charge in [-0.2, -0.15) is 0 Å². The molecule has 8 nitrogen and oxygen atoms in total. The van der Waals surface area contributed by atoms with E-state index in [1.54, 1.807) is 0 Å². The zero-order valence-corrected chi connectivity index (χ0v) is 50.0. The monoisotopic (exact) mass is 1020 g/mol. The van der Waals surface area contributed by atoms with Crippen molar-refractivity contribution in [1.29, 1.82) is 0 Å². The van der Waals surface area contributed by atoms with Crippen molar-refractivity contribution in [1.82, 2.24) is 14.7 Å². The van der Waals surface area contributed by atoms with Crippen LogP contribution in [0.1, 0.15) is 318 Å². The Morgan fingerprint density at radius 3 is 1.10 bits per heavy atom. The molecule has 0 aromatic heterocycles. The van der Waals surface area contributed by atoms with Gasteiger partial charge in [0.1, 0.15) is 0 Å². The van der Waals surface area contributed by atoms with Crippen LogP contribution in [0.5, 0.6) is 0 Å². The molecule has 1 amide bonds. The first-order valence-corrected chi connectivity index (χ1v) is 32.1. The molecule has 8 heteroatoms. The summed E-state index contributed by atoms with van der Waals surface area (Å²) in [5, 5.41) is 0. The van der Waals surface area contributed by atoms with Crippen LogP contribution >= 0.6 is 0 Å². The highest BCUT2D eigenvalue weighted by molar-refractivity contribution is 5.76. The lowest BCUT2D eigenvalue weighted by Crippen LogP contribution is -2.39. The fraction of sp³-hybridized carbons (Fsp3) is 0.953. The molecule has 2 unspecified atom stereocenters. The van der Waals surface area contributed by atoms with E-state index in [0.717, 1.165) is 84.1 Å². The van der Waals surface area contributed by atoms with E-state index in [4.69, 9.17) is 9.47 Å². The van der Waals surface area contributed by atoms with Crippen LogP contribution in [0.2, 0.25) is 0 Å². The zero-order valence-electron chi connectivity index (χ0n) is 50.0. The zero-order chi connectivity index (χ0) is 53.0.